The van der Waals surface area contributed by atoms with Crippen LogP contribution in [0.2, 0.25) is 0 Å². The first-order chi connectivity index (χ1) is 9.37. The van der Waals surface area contributed by atoms with Crippen LogP contribution in [0.15, 0.2) is 12.1 Å². The van der Waals surface area contributed by atoms with E-state index in [1.807, 2.05) is 12.1 Å². The lowest BCUT2D eigenvalue weighted by Crippen LogP contribution is -2.26. The van der Waals surface area contributed by atoms with Crippen molar-refractivity contribution in [3.8, 4) is 11.5 Å². The number of carbonyl (C=O) groups is 1. The van der Waals surface area contributed by atoms with Crippen molar-refractivity contribution in [1.82, 2.24) is 0 Å². The van der Waals surface area contributed by atoms with E-state index in [0.717, 1.165) is 11.1 Å². The van der Waals surface area contributed by atoms with Gasteiger partial charge in [0.2, 0.25) is 0 Å². The number of ether oxygens (including phenoxy) is 3. The van der Waals surface area contributed by atoms with Gasteiger partial charge in [-0.15, -0.1) is 0 Å². The third kappa shape index (κ3) is 3.42. The monoisotopic (exact) mass is 282 g/mol. The van der Waals surface area contributed by atoms with Gasteiger partial charge in [-0.05, 0) is 25.8 Å². The smallest absolute Gasteiger partial charge is 0.309 e. The Morgan fingerprint density at radius 2 is 1.60 bits per heavy atom. The molecule has 1 N–H and O–H groups in total. The molecule has 0 aliphatic rings. The average Bonchev–Trinajstić information content (AvgIpc) is 2.39. The van der Waals surface area contributed by atoms with Crippen molar-refractivity contribution in [3.63, 3.8) is 0 Å². The van der Waals surface area contributed by atoms with Crippen LogP contribution < -0.4 is 9.47 Å². The lowest BCUT2D eigenvalue weighted by molar-refractivity contribution is -0.146. The molecule has 0 fully saturated rings. The molecule has 0 bridgehead atoms. The Balaban J connectivity index is 3.24. The SMILES string of the molecule is COCc1ccc(CC(C)(C)C(=O)O)c(OC)c1OC. The summed E-state index contributed by atoms with van der Waals surface area (Å²) in [7, 11) is 4.71. The predicted molar refractivity (Wildman–Crippen MR) is 75.4 cm³/mol. The lowest BCUT2D eigenvalue weighted by atomic mass is 9.85. The first-order valence-electron chi connectivity index (χ1n) is 6.32. The molecule has 1 aromatic rings. The minimum atomic E-state index is -0.874. The summed E-state index contributed by atoms with van der Waals surface area (Å²) in [6.45, 7) is 3.77. The normalized spacial score (nSPS) is 11.2. The summed E-state index contributed by atoms with van der Waals surface area (Å²) in [5.74, 6) is 0.309. The summed E-state index contributed by atoms with van der Waals surface area (Å²) >= 11 is 0. The molecule has 0 aliphatic carbocycles. The van der Waals surface area contributed by atoms with Crippen LogP contribution in [-0.2, 0) is 22.6 Å². The van der Waals surface area contributed by atoms with E-state index >= 15 is 0 Å². The number of hydrogen-bond acceptors (Lipinski definition) is 4. The van der Waals surface area contributed by atoms with Crippen molar-refractivity contribution >= 4 is 5.97 Å². The van der Waals surface area contributed by atoms with Crippen molar-refractivity contribution in [1.29, 1.82) is 0 Å². The number of methoxy groups -OCH3 is 3. The average molecular weight is 282 g/mol. The maximum Gasteiger partial charge on any atom is 0.309 e. The summed E-state index contributed by atoms with van der Waals surface area (Å²) in [5, 5.41) is 9.24. The molecule has 0 aromatic heterocycles. The molecule has 5 nitrogen and oxygen atoms in total. The van der Waals surface area contributed by atoms with E-state index in [-0.39, 0.29) is 0 Å². The molecule has 0 spiro atoms. The second-order valence-electron chi connectivity index (χ2n) is 5.25. The predicted octanol–water partition coefficient (Wildman–Crippen LogP) is 2.50. The third-order valence-corrected chi connectivity index (χ3v) is 3.19. The van der Waals surface area contributed by atoms with E-state index in [1.165, 1.54) is 0 Å². The fraction of sp³-hybridized carbons (Fsp3) is 0.533. The van der Waals surface area contributed by atoms with Crippen molar-refractivity contribution in [2.24, 2.45) is 5.41 Å². The van der Waals surface area contributed by atoms with Gasteiger partial charge in [0.25, 0.3) is 0 Å². The Morgan fingerprint density at radius 3 is 2.05 bits per heavy atom. The van der Waals surface area contributed by atoms with Gasteiger partial charge in [-0.2, -0.15) is 0 Å². The Bertz CT molecular complexity index is 479. The van der Waals surface area contributed by atoms with Crippen molar-refractivity contribution in [2.75, 3.05) is 21.3 Å². The van der Waals surface area contributed by atoms with Crippen LogP contribution in [0.1, 0.15) is 25.0 Å². The van der Waals surface area contributed by atoms with Crippen LogP contribution in [0.25, 0.3) is 0 Å². The van der Waals surface area contributed by atoms with E-state index in [9.17, 15) is 9.90 Å². The summed E-state index contributed by atoms with van der Waals surface area (Å²) < 4.78 is 15.9. The van der Waals surface area contributed by atoms with Crippen molar-refractivity contribution in [3.05, 3.63) is 23.3 Å². The highest BCUT2D eigenvalue weighted by Crippen LogP contribution is 2.38. The van der Waals surface area contributed by atoms with Crippen molar-refractivity contribution < 1.29 is 24.1 Å². The number of benzene rings is 1. The fourth-order valence-corrected chi connectivity index (χ4v) is 2.05. The minimum absolute atomic E-state index is 0.356. The Hall–Kier alpha value is -1.75. The van der Waals surface area contributed by atoms with Crippen LogP contribution in [0.4, 0.5) is 0 Å². The van der Waals surface area contributed by atoms with Gasteiger partial charge in [-0.25, -0.2) is 0 Å². The van der Waals surface area contributed by atoms with E-state index in [1.54, 1.807) is 35.2 Å². The maximum atomic E-state index is 11.3. The molecule has 112 valence electrons. The molecule has 0 saturated carbocycles. The molecule has 1 aromatic carbocycles. The fourth-order valence-electron chi connectivity index (χ4n) is 2.05. The molecular weight excluding hydrogens is 260 g/mol. The maximum absolute atomic E-state index is 11.3. The first-order valence-corrected chi connectivity index (χ1v) is 6.32. The first kappa shape index (κ1) is 16.3. The number of carboxylic acid groups (broad SMARTS) is 1. The zero-order valence-electron chi connectivity index (χ0n) is 12.6. The number of aliphatic carboxylic acids is 1. The quantitative estimate of drug-likeness (QED) is 0.832. The van der Waals surface area contributed by atoms with Gasteiger partial charge in [-0.3, -0.25) is 4.79 Å². The van der Waals surface area contributed by atoms with Crippen LogP contribution in [-0.4, -0.2) is 32.4 Å². The number of hydrogen-bond donors (Lipinski definition) is 1. The molecule has 0 radical (unpaired) electrons. The van der Waals surface area contributed by atoms with Gasteiger partial charge in [0.05, 0.1) is 26.2 Å². The molecule has 0 heterocycles. The molecule has 0 atom stereocenters. The van der Waals surface area contributed by atoms with Crippen LogP contribution in [0, 0.1) is 5.41 Å². The van der Waals surface area contributed by atoms with Crippen LogP contribution in [0.5, 0.6) is 11.5 Å². The Morgan fingerprint density at radius 1 is 1.10 bits per heavy atom. The minimum Gasteiger partial charge on any atom is -0.493 e. The van der Waals surface area contributed by atoms with E-state index in [0.29, 0.717) is 24.5 Å². The summed E-state index contributed by atoms with van der Waals surface area (Å²) in [6, 6.07) is 3.73. The topological polar surface area (TPSA) is 65.0 Å². The van der Waals surface area contributed by atoms with E-state index in [2.05, 4.69) is 0 Å². The second kappa shape index (κ2) is 6.61. The van der Waals surface area contributed by atoms with Crippen LogP contribution in [0.3, 0.4) is 0 Å². The van der Waals surface area contributed by atoms with E-state index < -0.39 is 11.4 Å². The van der Waals surface area contributed by atoms with Crippen LogP contribution >= 0.6 is 0 Å². The van der Waals surface area contributed by atoms with Gasteiger partial charge in [0.15, 0.2) is 11.5 Å². The molecule has 0 aliphatic heterocycles. The van der Waals surface area contributed by atoms with Gasteiger partial charge in [0, 0.05) is 12.7 Å². The largest absolute Gasteiger partial charge is 0.493 e. The zero-order chi connectivity index (χ0) is 15.3. The molecule has 0 saturated heterocycles. The molecule has 5 heteroatoms. The molecule has 1 rings (SSSR count). The van der Waals surface area contributed by atoms with Gasteiger partial charge < -0.3 is 19.3 Å². The highest BCUT2D eigenvalue weighted by atomic mass is 16.5. The molecule has 0 unspecified atom stereocenters. The summed E-state index contributed by atoms with van der Waals surface area (Å²) in [4.78, 5) is 11.3. The van der Waals surface area contributed by atoms with E-state index in [4.69, 9.17) is 14.2 Å². The molecular formula is C15H22O5. The second-order valence-corrected chi connectivity index (χ2v) is 5.25. The molecule has 20 heavy (non-hydrogen) atoms. The summed E-state index contributed by atoms with van der Waals surface area (Å²) in [5.41, 5.74) is 0.793. The highest BCUT2D eigenvalue weighted by Gasteiger charge is 2.29. The Kier molecular flexibility index (Phi) is 5.39. The Labute approximate surface area is 119 Å². The van der Waals surface area contributed by atoms with Gasteiger partial charge in [0.1, 0.15) is 0 Å². The highest BCUT2D eigenvalue weighted by molar-refractivity contribution is 5.74. The van der Waals surface area contributed by atoms with Crippen molar-refractivity contribution in [2.45, 2.75) is 26.9 Å². The van der Waals surface area contributed by atoms with Gasteiger partial charge in [-0.1, -0.05) is 12.1 Å². The number of carboxylic acids is 1. The zero-order valence-corrected chi connectivity index (χ0v) is 12.6. The van der Waals surface area contributed by atoms with Gasteiger partial charge >= 0.3 is 5.97 Å². The summed E-state index contributed by atoms with van der Waals surface area (Å²) in [6.07, 6.45) is 0.356. The number of rotatable bonds is 7. The third-order valence-electron chi connectivity index (χ3n) is 3.19. The molecule has 0 amide bonds. The standard InChI is InChI=1S/C15H22O5/c1-15(2,14(16)17)8-10-6-7-11(9-18-3)13(20-5)12(10)19-4/h6-7H,8-9H2,1-5H3,(H,16,17). The lowest BCUT2D eigenvalue weighted by Gasteiger charge is -2.22.